The van der Waals surface area contributed by atoms with E-state index in [1.54, 1.807) is 18.5 Å². The highest BCUT2D eigenvalue weighted by atomic mass is 16.5. The molecule has 0 fully saturated rings. The summed E-state index contributed by atoms with van der Waals surface area (Å²) >= 11 is 0. The number of para-hydroxylation sites is 1. The summed E-state index contributed by atoms with van der Waals surface area (Å²) in [5.41, 5.74) is 0.932. The number of benzene rings is 1. The SMILES string of the molecule is O=C(c1ncccn1)C1CCOc2ccccc21. The second-order valence-electron chi connectivity index (χ2n) is 4.16. The Bertz CT molecular complexity index is 569. The summed E-state index contributed by atoms with van der Waals surface area (Å²) in [6, 6.07) is 9.35. The van der Waals surface area contributed by atoms with Crippen LogP contribution in [0, 0.1) is 0 Å². The number of fused-ring (bicyclic) bond motifs is 1. The Hall–Kier alpha value is -2.23. The van der Waals surface area contributed by atoms with Gasteiger partial charge in [0.05, 0.1) is 12.5 Å². The number of Topliss-reactive ketones (excluding diaryl/α,β-unsaturated/α-hetero) is 1. The fourth-order valence-electron chi connectivity index (χ4n) is 2.20. The molecule has 0 amide bonds. The molecule has 1 aliphatic rings. The van der Waals surface area contributed by atoms with E-state index >= 15 is 0 Å². The molecule has 0 saturated heterocycles. The normalized spacial score (nSPS) is 17.7. The van der Waals surface area contributed by atoms with Crippen LogP contribution in [0.5, 0.6) is 5.75 Å². The highest BCUT2D eigenvalue weighted by Gasteiger charge is 2.29. The molecular weight excluding hydrogens is 228 g/mol. The number of carbonyl (C=O) groups is 1. The lowest BCUT2D eigenvalue weighted by Gasteiger charge is -2.24. The number of aromatic nitrogens is 2. The minimum atomic E-state index is -0.197. The summed E-state index contributed by atoms with van der Waals surface area (Å²) < 4.78 is 5.55. The maximum Gasteiger partial charge on any atom is 0.207 e. The largest absolute Gasteiger partial charge is 0.493 e. The summed E-state index contributed by atoms with van der Waals surface area (Å²) in [5.74, 6) is 0.834. The molecule has 0 bridgehead atoms. The third-order valence-electron chi connectivity index (χ3n) is 3.06. The molecule has 3 rings (SSSR count). The van der Waals surface area contributed by atoms with Gasteiger partial charge in [0.2, 0.25) is 5.78 Å². The summed E-state index contributed by atoms with van der Waals surface area (Å²) in [6.07, 6.45) is 3.85. The van der Waals surface area contributed by atoms with Crippen molar-refractivity contribution in [2.24, 2.45) is 0 Å². The van der Waals surface area contributed by atoms with Crippen LogP contribution in [0.3, 0.4) is 0 Å². The monoisotopic (exact) mass is 240 g/mol. The molecule has 1 unspecified atom stereocenters. The van der Waals surface area contributed by atoms with E-state index in [0.717, 1.165) is 11.3 Å². The van der Waals surface area contributed by atoms with Gasteiger partial charge in [0.15, 0.2) is 5.82 Å². The maximum atomic E-state index is 12.4. The van der Waals surface area contributed by atoms with E-state index in [2.05, 4.69) is 9.97 Å². The Labute approximate surface area is 105 Å². The van der Waals surface area contributed by atoms with E-state index in [1.807, 2.05) is 24.3 Å². The van der Waals surface area contributed by atoms with Crippen molar-refractivity contribution in [3.8, 4) is 5.75 Å². The van der Waals surface area contributed by atoms with Gasteiger partial charge in [0.1, 0.15) is 5.75 Å². The Morgan fingerprint density at radius 1 is 1.17 bits per heavy atom. The van der Waals surface area contributed by atoms with E-state index < -0.39 is 0 Å². The second kappa shape index (κ2) is 4.56. The van der Waals surface area contributed by atoms with Gasteiger partial charge in [-0.1, -0.05) is 18.2 Å². The van der Waals surface area contributed by atoms with Crippen molar-refractivity contribution in [1.29, 1.82) is 0 Å². The van der Waals surface area contributed by atoms with E-state index in [9.17, 15) is 4.79 Å². The van der Waals surface area contributed by atoms with Gasteiger partial charge in [-0.25, -0.2) is 9.97 Å². The van der Waals surface area contributed by atoms with Crippen molar-refractivity contribution in [2.75, 3.05) is 6.61 Å². The van der Waals surface area contributed by atoms with Gasteiger partial charge in [-0.15, -0.1) is 0 Å². The highest BCUT2D eigenvalue weighted by Crippen LogP contribution is 2.34. The molecule has 2 aromatic rings. The van der Waals surface area contributed by atoms with Crippen molar-refractivity contribution >= 4 is 5.78 Å². The molecule has 4 nitrogen and oxygen atoms in total. The summed E-state index contributed by atoms with van der Waals surface area (Å²) in [4.78, 5) is 20.4. The van der Waals surface area contributed by atoms with Crippen molar-refractivity contribution < 1.29 is 9.53 Å². The first kappa shape index (κ1) is 10.9. The van der Waals surface area contributed by atoms with Crippen LogP contribution in [0.25, 0.3) is 0 Å². The van der Waals surface area contributed by atoms with E-state index in [-0.39, 0.29) is 17.5 Å². The molecule has 0 N–H and O–H groups in total. The number of hydrogen-bond donors (Lipinski definition) is 0. The third-order valence-corrected chi connectivity index (χ3v) is 3.06. The lowest BCUT2D eigenvalue weighted by Crippen LogP contribution is -2.22. The molecule has 0 spiro atoms. The third kappa shape index (κ3) is 1.86. The number of rotatable bonds is 2. The molecule has 2 heterocycles. The van der Waals surface area contributed by atoms with Gasteiger partial charge in [0.25, 0.3) is 0 Å². The van der Waals surface area contributed by atoms with Crippen molar-refractivity contribution in [2.45, 2.75) is 12.3 Å². The summed E-state index contributed by atoms with van der Waals surface area (Å²) in [6.45, 7) is 0.556. The molecule has 1 aromatic heterocycles. The van der Waals surface area contributed by atoms with Crippen LogP contribution in [-0.4, -0.2) is 22.4 Å². The van der Waals surface area contributed by atoms with Gasteiger partial charge >= 0.3 is 0 Å². The molecule has 4 heteroatoms. The zero-order valence-corrected chi connectivity index (χ0v) is 9.74. The van der Waals surface area contributed by atoms with Crippen LogP contribution in [0.1, 0.15) is 28.5 Å². The molecule has 90 valence electrons. The van der Waals surface area contributed by atoms with Crippen LogP contribution in [-0.2, 0) is 0 Å². The van der Waals surface area contributed by atoms with Crippen LogP contribution < -0.4 is 4.74 Å². The van der Waals surface area contributed by atoms with Crippen molar-refractivity contribution in [3.05, 3.63) is 54.1 Å². The van der Waals surface area contributed by atoms with Crippen LogP contribution in [0.15, 0.2) is 42.7 Å². The Morgan fingerprint density at radius 2 is 1.94 bits per heavy atom. The molecular formula is C14H12N2O2. The predicted octanol–water partition coefficient (Wildman–Crippen LogP) is 2.23. The standard InChI is InChI=1S/C14H12N2O2/c17-13(14-15-7-3-8-16-14)11-6-9-18-12-5-2-1-4-10(11)12/h1-5,7-8,11H,6,9H2. The van der Waals surface area contributed by atoms with E-state index in [0.29, 0.717) is 13.0 Å². The number of hydrogen-bond acceptors (Lipinski definition) is 4. The van der Waals surface area contributed by atoms with E-state index in [1.165, 1.54) is 0 Å². The van der Waals surface area contributed by atoms with Gasteiger partial charge in [-0.2, -0.15) is 0 Å². The minimum Gasteiger partial charge on any atom is -0.493 e. The van der Waals surface area contributed by atoms with E-state index in [4.69, 9.17) is 4.74 Å². The van der Waals surface area contributed by atoms with Crippen molar-refractivity contribution in [1.82, 2.24) is 9.97 Å². The van der Waals surface area contributed by atoms with Crippen LogP contribution >= 0.6 is 0 Å². The Morgan fingerprint density at radius 3 is 2.78 bits per heavy atom. The Kier molecular flexibility index (Phi) is 2.76. The smallest absolute Gasteiger partial charge is 0.207 e. The van der Waals surface area contributed by atoms with Gasteiger partial charge in [-0.3, -0.25) is 4.79 Å². The lowest BCUT2D eigenvalue weighted by molar-refractivity contribution is 0.0922. The number of ether oxygens (including phenoxy) is 1. The van der Waals surface area contributed by atoms with Gasteiger partial charge < -0.3 is 4.74 Å². The predicted molar refractivity (Wildman–Crippen MR) is 65.7 cm³/mol. The highest BCUT2D eigenvalue weighted by molar-refractivity contribution is 5.98. The first-order chi connectivity index (χ1) is 8.86. The lowest BCUT2D eigenvalue weighted by atomic mass is 9.89. The maximum absolute atomic E-state index is 12.4. The molecule has 18 heavy (non-hydrogen) atoms. The fraction of sp³-hybridized carbons (Fsp3) is 0.214. The van der Waals surface area contributed by atoms with Gasteiger partial charge in [0, 0.05) is 18.0 Å². The first-order valence-electron chi connectivity index (χ1n) is 5.89. The summed E-state index contributed by atoms with van der Waals surface area (Å²) in [7, 11) is 0. The minimum absolute atomic E-state index is 0.0358. The van der Waals surface area contributed by atoms with Crippen LogP contribution in [0.2, 0.25) is 0 Å². The molecule has 0 radical (unpaired) electrons. The fourth-order valence-corrected chi connectivity index (χ4v) is 2.20. The average molecular weight is 240 g/mol. The first-order valence-corrected chi connectivity index (χ1v) is 5.89. The molecule has 0 aliphatic carbocycles. The van der Waals surface area contributed by atoms with Gasteiger partial charge in [-0.05, 0) is 18.6 Å². The quantitative estimate of drug-likeness (QED) is 0.755. The molecule has 0 saturated carbocycles. The summed E-state index contributed by atoms with van der Waals surface area (Å²) in [5, 5.41) is 0. The number of ketones is 1. The van der Waals surface area contributed by atoms with Crippen molar-refractivity contribution in [3.63, 3.8) is 0 Å². The average Bonchev–Trinajstić information content (AvgIpc) is 2.47. The van der Waals surface area contributed by atoms with Crippen LogP contribution in [0.4, 0.5) is 0 Å². The number of nitrogens with zero attached hydrogens (tertiary/aromatic N) is 2. The topological polar surface area (TPSA) is 52.1 Å². The Balaban J connectivity index is 1.97. The molecule has 1 aliphatic heterocycles. The zero-order chi connectivity index (χ0) is 12.4. The second-order valence-corrected chi connectivity index (χ2v) is 4.16. The molecule has 1 aromatic carbocycles. The zero-order valence-electron chi connectivity index (χ0n) is 9.74. The number of carbonyl (C=O) groups excluding carboxylic acids is 1. The molecule has 1 atom stereocenters.